The Morgan fingerprint density at radius 3 is 1.90 bits per heavy atom. The second kappa shape index (κ2) is 9.87. The number of esters is 1. The molecule has 0 aliphatic rings. The van der Waals surface area contributed by atoms with Gasteiger partial charge in [0.15, 0.2) is 0 Å². The van der Waals surface area contributed by atoms with Crippen molar-refractivity contribution in [2.75, 3.05) is 6.61 Å². The molecule has 0 radical (unpaired) electrons. The van der Waals surface area contributed by atoms with Crippen molar-refractivity contribution < 1.29 is 19.1 Å². The molecule has 0 fully saturated rings. The minimum atomic E-state index is -1.04. The van der Waals surface area contributed by atoms with Gasteiger partial charge in [0.1, 0.15) is 6.04 Å². The summed E-state index contributed by atoms with van der Waals surface area (Å²) in [4.78, 5) is 37.4. The van der Waals surface area contributed by atoms with E-state index in [9.17, 15) is 14.4 Å². The van der Waals surface area contributed by atoms with Crippen LogP contribution in [0.3, 0.4) is 0 Å². The van der Waals surface area contributed by atoms with Crippen molar-refractivity contribution in [1.29, 1.82) is 0 Å². The Morgan fingerprint density at radius 1 is 1.00 bits per heavy atom. The van der Waals surface area contributed by atoms with Crippen molar-refractivity contribution in [2.45, 2.75) is 38.6 Å². The molecule has 0 unspecified atom stereocenters. The molecular weight excluding hydrogens is 368 g/mol. The first-order valence-corrected chi connectivity index (χ1v) is 9.68. The fourth-order valence-electron chi connectivity index (χ4n) is 3.25. The Morgan fingerprint density at radius 2 is 1.48 bits per heavy atom. The largest absolute Gasteiger partial charge is 0.466 e. The maximum absolute atomic E-state index is 13.4. The third kappa shape index (κ3) is 5.22. The predicted molar refractivity (Wildman–Crippen MR) is 111 cm³/mol. The van der Waals surface area contributed by atoms with Crippen molar-refractivity contribution in [3.63, 3.8) is 0 Å². The molecule has 0 aliphatic carbocycles. The molecule has 0 saturated carbocycles. The van der Waals surface area contributed by atoms with E-state index in [1.54, 1.807) is 20.8 Å². The molecule has 0 saturated heterocycles. The van der Waals surface area contributed by atoms with Crippen molar-refractivity contribution in [2.24, 2.45) is 11.7 Å². The van der Waals surface area contributed by atoms with Crippen LogP contribution in [0.25, 0.3) is 0 Å². The van der Waals surface area contributed by atoms with Crippen LogP contribution in [-0.4, -0.2) is 30.4 Å². The van der Waals surface area contributed by atoms with Gasteiger partial charge in [0.25, 0.3) is 0 Å². The highest BCUT2D eigenvalue weighted by Crippen LogP contribution is 2.32. The third-order valence-corrected chi connectivity index (χ3v) is 5.08. The number of hydrogen-bond donors (Lipinski definition) is 2. The number of nitrogens with two attached hydrogens (primary N) is 1. The van der Waals surface area contributed by atoms with E-state index < -0.39 is 29.3 Å². The third-order valence-electron chi connectivity index (χ3n) is 5.08. The molecule has 154 valence electrons. The molecule has 2 aromatic rings. The number of carbonyl (C=O) groups excluding carboxylic acids is 3. The van der Waals surface area contributed by atoms with E-state index >= 15 is 0 Å². The smallest absolute Gasteiger partial charge is 0.308 e. The topological polar surface area (TPSA) is 98.5 Å². The lowest BCUT2D eigenvalue weighted by Gasteiger charge is -2.31. The average molecular weight is 396 g/mol. The molecule has 0 spiro atoms. The van der Waals surface area contributed by atoms with Gasteiger partial charge in [-0.25, -0.2) is 0 Å². The summed E-state index contributed by atoms with van der Waals surface area (Å²) in [6.07, 6.45) is 0.0690. The van der Waals surface area contributed by atoms with Gasteiger partial charge >= 0.3 is 5.97 Å². The zero-order valence-corrected chi connectivity index (χ0v) is 17.1. The van der Waals surface area contributed by atoms with Crippen molar-refractivity contribution in [1.82, 2.24) is 5.32 Å². The lowest BCUT2D eigenvalue weighted by atomic mass is 9.75. The fourth-order valence-corrected chi connectivity index (χ4v) is 3.25. The van der Waals surface area contributed by atoms with Gasteiger partial charge in [-0.15, -0.1) is 0 Å². The summed E-state index contributed by atoms with van der Waals surface area (Å²) >= 11 is 0. The first-order valence-electron chi connectivity index (χ1n) is 9.68. The Kier molecular flexibility index (Phi) is 7.53. The van der Waals surface area contributed by atoms with Crippen molar-refractivity contribution in [3.05, 3.63) is 71.8 Å². The molecule has 2 amide bonds. The molecular formula is C23H28N2O4. The number of hydrogen-bond acceptors (Lipinski definition) is 4. The highest BCUT2D eigenvalue weighted by molar-refractivity contribution is 5.95. The summed E-state index contributed by atoms with van der Waals surface area (Å²) in [6, 6.07) is 17.7. The molecule has 2 atom stereocenters. The number of rotatable bonds is 9. The Labute approximate surface area is 171 Å². The number of benzene rings is 2. The Hall–Kier alpha value is -3.15. The molecule has 29 heavy (non-hydrogen) atoms. The van der Waals surface area contributed by atoms with Crippen molar-refractivity contribution >= 4 is 17.8 Å². The highest BCUT2D eigenvalue weighted by atomic mass is 16.5. The minimum Gasteiger partial charge on any atom is -0.466 e. The van der Waals surface area contributed by atoms with Crippen LogP contribution in [0.5, 0.6) is 0 Å². The van der Waals surface area contributed by atoms with Gasteiger partial charge in [-0.2, -0.15) is 0 Å². The van der Waals surface area contributed by atoms with Gasteiger partial charge in [0.05, 0.1) is 17.9 Å². The summed E-state index contributed by atoms with van der Waals surface area (Å²) in [6.45, 7) is 5.41. The van der Waals surface area contributed by atoms with Crippen LogP contribution in [-0.2, 0) is 24.5 Å². The predicted octanol–water partition coefficient (Wildman–Crippen LogP) is 2.55. The first kappa shape index (κ1) is 22.1. The monoisotopic (exact) mass is 396 g/mol. The lowest BCUT2D eigenvalue weighted by molar-refractivity contribution is -0.148. The van der Waals surface area contributed by atoms with Crippen LogP contribution in [0, 0.1) is 5.92 Å². The quantitative estimate of drug-likeness (QED) is 0.637. The van der Waals surface area contributed by atoms with Crippen LogP contribution in [0.1, 0.15) is 38.3 Å². The van der Waals surface area contributed by atoms with Gasteiger partial charge in [0, 0.05) is 0 Å². The molecule has 0 heterocycles. The second-order valence-electron chi connectivity index (χ2n) is 7.17. The van der Waals surface area contributed by atoms with E-state index in [1.807, 2.05) is 60.7 Å². The van der Waals surface area contributed by atoms with Gasteiger partial charge in [-0.1, -0.05) is 67.6 Å². The van der Waals surface area contributed by atoms with Crippen LogP contribution in [0.4, 0.5) is 0 Å². The number of amides is 2. The van der Waals surface area contributed by atoms with E-state index in [1.165, 1.54) is 0 Å². The van der Waals surface area contributed by atoms with Crippen molar-refractivity contribution in [3.8, 4) is 0 Å². The molecule has 0 aliphatic heterocycles. The highest BCUT2D eigenvalue weighted by Gasteiger charge is 2.39. The van der Waals surface area contributed by atoms with Crippen LogP contribution < -0.4 is 11.1 Å². The number of ether oxygens (including phenoxy) is 1. The zero-order valence-electron chi connectivity index (χ0n) is 17.1. The molecule has 2 aromatic carbocycles. The normalized spacial score (nSPS) is 13.2. The van der Waals surface area contributed by atoms with Gasteiger partial charge in [-0.3, -0.25) is 14.4 Å². The summed E-state index contributed by atoms with van der Waals surface area (Å²) < 4.78 is 4.99. The molecule has 0 aromatic heterocycles. The van der Waals surface area contributed by atoms with Crippen LogP contribution in [0.2, 0.25) is 0 Å². The zero-order chi connectivity index (χ0) is 21.4. The van der Waals surface area contributed by atoms with Gasteiger partial charge < -0.3 is 15.8 Å². The summed E-state index contributed by atoms with van der Waals surface area (Å²) in [5, 5.41) is 2.76. The van der Waals surface area contributed by atoms with Gasteiger partial charge in [-0.05, 0) is 31.4 Å². The van der Waals surface area contributed by atoms with E-state index in [0.29, 0.717) is 0 Å². The van der Waals surface area contributed by atoms with E-state index in [-0.39, 0.29) is 18.9 Å². The maximum atomic E-state index is 13.4. The SMILES string of the molecule is CCOC(=O)[C@H](C)C[C@@H](NC(=O)C(C)(c1ccccc1)c1ccccc1)C(N)=O. The summed E-state index contributed by atoms with van der Waals surface area (Å²) in [5.74, 6) is -2.07. The summed E-state index contributed by atoms with van der Waals surface area (Å²) in [5.41, 5.74) is 6.05. The van der Waals surface area contributed by atoms with E-state index in [0.717, 1.165) is 11.1 Å². The molecule has 0 bridgehead atoms. The fraction of sp³-hybridized carbons (Fsp3) is 0.348. The molecule has 2 rings (SSSR count). The van der Waals surface area contributed by atoms with Crippen LogP contribution in [0.15, 0.2) is 60.7 Å². The summed E-state index contributed by atoms with van der Waals surface area (Å²) in [7, 11) is 0. The number of primary amides is 1. The first-order chi connectivity index (χ1) is 13.8. The maximum Gasteiger partial charge on any atom is 0.308 e. The average Bonchev–Trinajstić information content (AvgIpc) is 2.73. The second-order valence-corrected chi connectivity index (χ2v) is 7.17. The van der Waals surface area contributed by atoms with E-state index in [4.69, 9.17) is 10.5 Å². The van der Waals surface area contributed by atoms with Crippen LogP contribution >= 0.6 is 0 Å². The molecule has 6 heteroatoms. The number of carbonyl (C=O) groups is 3. The minimum absolute atomic E-state index is 0.0690. The Bertz CT molecular complexity index is 797. The molecule has 3 N–H and O–H groups in total. The number of nitrogens with one attached hydrogen (secondary N) is 1. The van der Waals surface area contributed by atoms with E-state index in [2.05, 4.69) is 5.32 Å². The standard InChI is InChI=1S/C23H28N2O4/c1-4-29-21(27)16(2)15-19(20(24)26)25-22(28)23(3,17-11-7-5-8-12-17)18-13-9-6-10-14-18/h5-14,16,19H,4,15H2,1-3H3,(H2,24,26)(H,25,28)/t16-,19-/m1/s1. The lowest BCUT2D eigenvalue weighted by Crippen LogP contribution is -2.52. The van der Waals surface area contributed by atoms with Gasteiger partial charge in [0.2, 0.25) is 11.8 Å². The Balaban J connectivity index is 2.33. The molecule has 6 nitrogen and oxygen atoms in total.